The summed E-state index contributed by atoms with van der Waals surface area (Å²) in [6, 6.07) is 14.3. The molecule has 0 unspecified atom stereocenters. The van der Waals surface area contributed by atoms with Crippen molar-refractivity contribution in [3.8, 4) is 5.75 Å². The first-order chi connectivity index (χ1) is 12.5. The van der Waals surface area contributed by atoms with Gasteiger partial charge in [-0.2, -0.15) is 0 Å². The molecule has 0 saturated carbocycles. The zero-order chi connectivity index (χ0) is 18.5. The minimum atomic E-state index is -0.242. The molecule has 2 aromatic carbocycles. The normalized spacial score (nSPS) is 10.5. The molecule has 0 aliphatic heterocycles. The van der Waals surface area contributed by atoms with Crippen molar-refractivity contribution in [1.29, 1.82) is 0 Å². The van der Waals surface area contributed by atoms with Crippen molar-refractivity contribution in [2.75, 3.05) is 17.7 Å². The number of ether oxygens (including phenoxy) is 1. The second kappa shape index (κ2) is 7.82. The van der Waals surface area contributed by atoms with Gasteiger partial charge in [-0.25, -0.2) is 14.4 Å². The number of benzene rings is 2. The minimum Gasteiger partial charge on any atom is -0.495 e. The quantitative estimate of drug-likeness (QED) is 0.679. The smallest absolute Gasteiger partial charge is 0.142 e. The van der Waals surface area contributed by atoms with E-state index in [2.05, 4.69) is 20.6 Å². The maximum absolute atomic E-state index is 13.8. The number of aryl methyl sites for hydroxylation is 2. The fourth-order valence-electron chi connectivity index (χ4n) is 2.61. The number of anilines is 3. The molecule has 0 spiro atoms. The zero-order valence-electron chi connectivity index (χ0n) is 15.0. The molecule has 0 aliphatic rings. The van der Waals surface area contributed by atoms with Crippen LogP contribution in [0.4, 0.5) is 21.7 Å². The Balaban J connectivity index is 1.80. The Bertz CT molecular complexity index is 914. The molecule has 0 amide bonds. The molecule has 134 valence electrons. The second-order valence-electron chi connectivity index (χ2n) is 5.96. The number of rotatable bonds is 6. The molecule has 2 N–H and O–H groups in total. The highest BCUT2D eigenvalue weighted by Crippen LogP contribution is 2.28. The highest BCUT2D eigenvalue weighted by molar-refractivity contribution is 5.66. The molecule has 0 aliphatic carbocycles. The fraction of sp³-hybridized carbons (Fsp3) is 0.200. The molecule has 6 heteroatoms. The molecule has 26 heavy (non-hydrogen) atoms. The lowest BCUT2D eigenvalue weighted by atomic mass is 10.2. The summed E-state index contributed by atoms with van der Waals surface area (Å²) < 4.78 is 19.1. The van der Waals surface area contributed by atoms with Gasteiger partial charge in [-0.3, -0.25) is 0 Å². The van der Waals surface area contributed by atoms with Crippen LogP contribution < -0.4 is 15.4 Å². The maximum Gasteiger partial charge on any atom is 0.142 e. The molecule has 1 aromatic heterocycles. The summed E-state index contributed by atoms with van der Waals surface area (Å²) in [5.41, 5.74) is 2.52. The van der Waals surface area contributed by atoms with Gasteiger partial charge in [0.05, 0.1) is 12.8 Å². The van der Waals surface area contributed by atoms with Gasteiger partial charge in [0.1, 0.15) is 29.0 Å². The molecule has 3 aromatic rings. The molecule has 0 radical (unpaired) electrons. The van der Waals surface area contributed by atoms with Crippen molar-refractivity contribution in [2.24, 2.45) is 0 Å². The third-order valence-electron chi connectivity index (χ3n) is 3.87. The third-order valence-corrected chi connectivity index (χ3v) is 3.87. The van der Waals surface area contributed by atoms with Crippen molar-refractivity contribution in [2.45, 2.75) is 20.4 Å². The van der Waals surface area contributed by atoms with Gasteiger partial charge in [-0.15, -0.1) is 0 Å². The van der Waals surface area contributed by atoms with Gasteiger partial charge in [-0.05, 0) is 37.6 Å². The summed E-state index contributed by atoms with van der Waals surface area (Å²) in [5.74, 6) is 2.35. The van der Waals surface area contributed by atoms with Gasteiger partial charge < -0.3 is 15.4 Å². The Morgan fingerprint density at radius 1 is 1.00 bits per heavy atom. The average Bonchev–Trinajstić information content (AvgIpc) is 2.61. The number of hydrogen-bond acceptors (Lipinski definition) is 5. The average molecular weight is 352 g/mol. The summed E-state index contributed by atoms with van der Waals surface area (Å²) in [4.78, 5) is 8.78. The van der Waals surface area contributed by atoms with Crippen LogP contribution in [0, 0.1) is 19.7 Å². The van der Waals surface area contributed by atoms with E-state index in [9.17, 15) is 4.39 Å². The summed E-state index contributed by atoms with van der Waals surface area (Å²) in [6.07, 6.45) is 0. The van der Waals surface area contributed by atoms with E-state index in [1.54, 1.807) is 25.3 Å². The second-order valence-corrected chi connectivity index (χ2v) is 5.96. The lowest BCUT2D eigenvalue weighted by Gasteiger charge is -2.13. The van der Waals surface area contributed by atoms with Crippen LogP contribution in [0.15, 0.2) is 48.5 Å². The Labute approximate surface area is 152 Å². The number of hydrogen-bond donors (Lipinski definition) is 2. The van der Waals surface area contributed by atoms with Crippen LogP contribution in [-0.4, -0.2) is 17.1 Å². The van der Waals surface area contributed by atoms with Crippen molar-refractivity contribution in [3.63, 3.8) is 0 Å². The standard InChI is InChI=1S/C20H21FN4O/c1-13-8-9-18(26-3)17(10-13)25-20-11-19(23-14(2)24-20)22-12-15-6-4-5-7-16(15)21/h4-11H,12H2,1-3H3,(H2,22,23,24,25). The van der Waals surface area contributed by atoms with Gasteiger partial charge in [0.15, 0.2) is 0 Å². The maximum atomic E-state index is 13.8. The SMILES string of the molecule is COc1ccc(C)cc1Nc1cc(NCc2ccccc2F)nc(C)n1. The molecule has 0 saturated heterocycles. The molecular weight excluding hydrogens is 331 g/mol. The van der Waals surface area contributed by atoms with Gasteiger partial charge in [0.25, 0.3) is 0 Å². The Morgan fingerprint density at radius 2 is 1.77 bits per heavy atom. The molecule has 0 fully saturated rings. The monoisotopic (exact) mass is 352 g/mol. The van der Waals surface area contributed by atoms with Crippen LogP contribution in [0.1, 0.15) is 17.0 Å². The topological polar surface area (TPSA) is 59.1 Å². The van der Waals surface area contributed by atoms with Crippen LogP contribution in [0.5, 0.6) is 5.75 Å². The van der Waals surface area contributed by atoms with Crippen LogP contribution in [-0.2, 0) is 6.54 Å². The number of halogens is 1. The van der Waals surface area contributed by atoms with Crippen molar-refractivity contribution >= 4 is 17.3 Å². The Kier molecular flexibility index (Phi) is 5.31. The summed E-state index contributed by atoms with van der Waals surface area (Å²) >= 11 is 0. The predicted molar refractivity (Wildman–Crippen MR) is 102 cm³/mol. The van der Waals surface area contributed by atoms with E-state index in [0.717, 1.165) is 17.0 Å². The number of methoxy groups -OCH3 is 1. The van der Waals surface area contributed by atoms with Crippen LogP contribution in [0.25, 0.3) is 0 Å². The molecule has 0 bridgehead atoms. The van der Waals surface area contributed by atoms with E-state index in [-0.39, 0.29) is 5.82 Å². The lowest BCUT2D eigenvalue weighted by Crippen LogP contribution is -2.06. The predicted octanol–water partition coefficient (Wildman–Crippen LogP) is 4.60. The van der Waals surface area contributed by atoms with Crippen LogP contribution in [0.3, 0.4) is 0 Å². The summed E-state index contributed by atoms with van der Waals surface area (Å²) in [6.45, 7) is 4.17. The number of aromatic nitrogens is 2. The zero-order valence-corrected chi connectivity index (χ0v) is 15.0. The first-order valence-corrected chi connectivity index (χ1v) is 8.30. The highest BCUT2D eigenvalue weighted by atomic mass is 19.1. The van der Waals surface area contributed by atoms with Gasteiger partial charge in [-0.1, -0.05) is 24.3 Å². The molecule has 5 nitrogen and oxygen atoms in total. The van der Waals surface area contributed by atoms with E-state index in [0.29, 0.717) is 29.6 Å². The largest absolute Gasteiger partial charge is 0.495 e. The van der Waals surface area contributed by atoms with E-state index in [4.69, 9.17) is 4.74 Å². The van der Waals surface area contributed by atoms with Gasteiger partial charge in [0.2, 0.25) is 0 Å². The van der Waals surface area contributed by atoms with Crippen LogP contribution >= 0.6 is 0 Å². The van der Waals surface area contributed by atoms with Crippen molar-refractivity contribution in [3.05, 3.63) is 71.3 Å². The van der Waals surface area contributed by atoms with E-state index in [1.165, 1.54) is 6.07 Å². The Hall–Kier alpha value is -3.15. The van der Waals surface area contributed by atoms with E-state index in [1.807, 2.05) is 38.1 Å². The Morgan fingerprint density at radius 3 is 2.54 bits per heavy atom. The third kappa shape index (κ3) is 4.27. The highest BCUT2D eigenvalue weighted by Gasteiger charge is 2.08. The number of nitrogens with zero attached hydrogens (tertiary/aromatic N) is 2. The van der Waals surface area contributed by atoms with E-state index >= 15 is 0 Å². The van der Waals surface area contributed by atoms with Gasteiger partial charge in [0, 0.05) is 18.2 Å². The first-order valence-electron chi connectivity index (χ1n) is 8.30. The first kappa shape index (κ1) is 17.7. The van der Waals surface area contributed by atoms with Crippen molar-refractivity contribution in [1.82, 2.24) is 9.97 Å². The van der Waals surface area contributed by atoms with Crippen LogP contribution in [0.2, 0.25) is 0 Å². The van der Waals surface area contributed by atoms with Gasteiger partial charge >= 0.3 is 0 Å². The fourth-order valence-corrected chi connectivity index (χ4v) is 2.61. The van der Waals surface area contributed by atoms with Crippen molar-refractivity contribution < 1.29 is 9.13 Å². The summed E-state index contributed by atoms with van der Waals surface area (Å²) in [7, 11) is 1.63. The molecular formula is C20H21FN4O. The summed E-state index contributed by atoms with van der Waals surface area (Å²) in [5, 5.41) is 6.41. The van der Waals surface area contributed by atoms with E-state index < -0.39 is 0 Å². The molecule has 0 atom stereocenters. The lowest BCUT2D eigenvalue weighted by molar-refractivity contribution is 0.416. The molecule has 3 rings (SSSR count). The number of nitrogens with one attached hydrogen (secondary N) is 2. The molecule has 1 heterocycles. The minimum absolute atomic E-state index is 0.242.